The van der Waals surface area contributed by atoms with Gasteiger partial charge in [-0.05, 0) is 37.0 Å². The quantitative estimate of drug-likeness (QED) is 0.547. The Morgan fingerprint density at radius 3 is 2.00 bits per heavy atom. The minimum Gasteiger partial charge on any atom is -0.0683 e. The molecule has 0 aromatic rings. The Morgan fingerprint density at radius 1 is 1.00 bits per heavy atom. The maximum absolute atomic E-state index is 2.38. The fourth-order valence-corrected chi connectivity index (χ4v) is 3.31. The average molecular weight is 182 g/mol. The highest BCUT2D eigenvalue weighted by Crippen LogP contribution is 2.56. The van der Waals surface area contributed by atoms with Crippen LogP contribution in [0, 0.1) is 11.3 Å². The molecule has 1 spiro atoms. The van der Waals surface area contributed by atoms with E-state index in [1.54, 1.807) is 19.3 Å². The molecular weight excluding hydrogens is 156 g/mol. The zero-order valence-corrected chi connectivity index (χ0v) is 9.73. The Hall–Kier alpha value is 0. The molecule has 0 amide bonds. The van der Waals surface area contributed by atoms with E-state index in [4.69, 9.17) is 0 Å². The lowest BCUT2D eigenvalue weighted by Gasteiger charge is -2.52. The van der Waals surface area contributed by atoms with E-state index in [1.165, 1.54) is 32.1 Å². The molecule has 0 aromatic carbocycles. The van der Waals surface area contributed by atoms with Crippen molar-refractivity contribution in [1.29, 1.82) is 0 Å². The summed E-state index contributed by atoms with van der Waals surface area (Å²) >= 11 is 0. The zero-order chi connectivity index (χ0) is 9.73. The van der Waals surface area contributed by atoms with Crippen LogP contribution in [0.4, 0.5) is 0 Å². The van der Waals surface area contributed by atoms with E-state index < -0.39 is 0 Å². The van der Waals surface area contributed by atoms with E-state index >= 15 is 0 Å². The van der Waals surface area contributed by atoms with Crippen LogP contribution in [0.1, 0.15) is 72.1 Å². The smallest absolute Gasteiger partial charge is 0.0269 e. The monoisotopic (exact) mass is 182 g/mol. The van der Waals surface area contributed by atoms with Crippen LogP contribution in [-0.2, 0) is 0 Å². The van der Waals surface area contributed by atoms with E-state index in [9.17, 15) is 0 Å². The van der Waals surface area contributed by atoms with Crippen LogP contribution in [0.25, 0.3) is 0 Å². The lowest BCUT2D eigenvalue weighted by atomic mass is 9.53. The molecule has 2 aliphatic carbocycles. The van der Waals surface area contributed by atoms with Crippen LogP contribution in [0.3, 0.4) is 0 Å². The van der Waals surface area contributed by atoms with E-state index in [0.29, 0.717) is 0 Å². The summed E-state index contributed by atoms with van der Waals surface area (Å²) in [5.74, 6) is 1.11. The van der Waals surface area contributed by atoms with Crippen LogP contribution < -0.4 is 0 Å². The van der Waals surface area contributed by atoms with Crippen LogP contribution in [0.2, 0.25) is 0 Å². The molecule has 2 fully saturated rings. The maximum Gasteiger partial charge on any atom is -0.0269 e. The Labute approximate surface area is 84.1 Å². The summed E-state index contributed by atoms with van der Waals surface area (Å²) in [6.07, 6.45) is 12.2. The number of hydrogen-bond donors (Lipinski definition) is 0. The van der Waals surface area contributed by atoms with Crippen LogP contribution >= 0.6 is 0 Å². The van der Waals surface area contributed by atoms with Gasteiger partial charge < -0.3 is 0 Å². The van der Waals surface area contributed by atoms with E-state index in [0.717, 1.165) is 11.3 Å². The van der Waals surface area contributed by atoms with E-state index in [-0.39, 0.29) is 0 Å². The van der Waals surface area contributed by atoms with Gasteiger partial charge in [-0.25, -0.2) is 0 Å². The summed E-state index contributed by atoms with van der Waals surface area (Å²) in [5, 5.41) is 0. The van der Waals surface area contributed by atoms with Crippen molar-refractivity contribution < 1.29 is 0 Å². The zero-order valence-electron chi connectivity index (χ0n) is 9.73. The normalized spacial score (nSPS) is 30.2. The lowest BCUT2D eigenvalue weighted by Crippen LogP contribution is -2.41. The van der Waals surface area contributed by atoms with Gasteiger partial charge in [0.25, 0.3) is 0 Å². The first-order chi connectivity index (χ1) is 6.37. The lowest BCUT2D eigenvalue weighted by molar-refractivity contribution is -0.0111. The molecule has 0 nitrogen and oxygen atoms in total. The Bertz CT molecular complexity index is 129. The topological polar surface area (TPSA) is 0 Å². The minimum absolute atomic E-state index is 0.868. The second-order valence-corrected chi connectivity index (χ2v) is 4.57. The highest BCUT2D eigenvalue weighted by molar-refractivity contribution is 4.96. The third kappa shape index (κ3) is 2.08. The second kappa shape index (κ2) is 5.02. The molecule has 78 valence electrons. The second-order valence-electron chi connectivity index (χ2n) is 4.57. The first kappa shape index (κ1) is 11.1. The molecule has 2 saturated carbocycles. The highest BCUT2D eigenvalue weighted by atomic mass is 14.5. The number of rotatable bonds is 1. The predicted molar refractivity (Wildman–Crippen MR) is 59.9 cm³/mol. The van der Waals surface area contributed by atoms with Crippen molar-refractivity contribution in [3.63, 3.8) is 0 Å². The van der Waals surface area contributed by atoms with Gasteiger partial charge >= 0.3 is 0 Å². The van der Waals surface area contributed by atoms with Crippen molar-refractivity contribution >= 4 is 0 Å². The van der Waals surface area contributed by atoms with Gasteiger partial charge in [0.1, 0.15) is 0 Å². The van der Waals surface area contributed by atoms with Crippen molar-refractivity contribution in [1.82, 2.24) is 0 Å². The fraction of sp³-hybridized carbons (Fsp3) is 1.00. The first-order valence-electron chi connectivity index (χ1n) is 6.37. The highest BCUT2D eigenvalue weighted by Gasteiger charge is 2.45. The molecule has 2 aliphatic rings. The van der Waals surface area contributed by atoms with Gasteiger partial charge in [0.2, 0.25) is 0 Å². The van der Waals surface area contributed by atoms with E-state index in [1.807, 2.05) is 13.8 Å². The average Bonchev–Trinajstić information content (AvgIpc) is 2.21. The Balaban J connectivity index is 0.000000396. The minimum atomic E-state index is 0.868. The summed E-state index contributed by atoms with van der Waals surface area (Å²) < 4.78 is 0. The molecule has 0 heteroatoms. The maximum atomic E-state index is 2.38. The molecule has 1 atom stereocenters. The van der Waals surface area contributed by atoms with Gasteiger partial charge in [-0.1, -0.05) is 46.5 Å². The van der Waals surface area contributed by atoms with Crippen LogP contribution in [0.15, 0.2) is 0 Å². The SMILES string of the molecule is CC.CCC1CCC12CCCCC2. The summed E-state index contributed by atoms with van der Waals surface area (Å²) in [5.41, 5.74) is 0.868. The summed E-state index contributed by atoms with van der Waals surface area (Å²) in [6.45, 7) is 6.38. The van der Waals surface area contributed by atoms with Crippen molar-refractivity contribution in [3.05, 3.63) is 0 Å². The van der Waals surface area contributed by atoms with Gasteiger partial charge in [-0.15, -0.1) is 0 Å². The third-order valence-electron chi connectivity index (χ3n) is 4.20. The van der Waals surface area contributed by atoms with Crippen molar-refractivity contribution in [2.45, 2.75) is 72.1 Å². The molecule has 0 aliphatic heterocycles. The van der Waals surface area contributed by atoms with Gasteiger partial charge in [0, 0.05) is 0 Å². The Kier molecular flexibility index (Phi) is 4.28. The standard InChI is InChI=1S/C11H20.C2H6/c1-2-10-6-9-11(10)7-4-3-5-8-11;1-2/h10H,2-9H2,1H3;1-2H3. The van der Waals surface area contributed by atoms with Crippen LogP contribution in [-0.4, -0.2) is 0 Å². The third-order valence-corrected chi connectivity index (χ3v) is 4.20. The fourth-order valence-electron chi connectivity index (χ4n) is 3.31. The molecule has 1 unspecified atom stereocenters. The molecule has 0 N–H and O–H groups in total. The largest absolute Gasteiger partial charge is 0.0683 e. The first-order valence-corrected chi connectivity index (χ1v) is 6.37. The molecule has 0 radical (unpaired) electrons. The molecule has 0 bridgehead atoms. The van der Waals surface area contributed by atoms with Crippen LogP contribution in [0.5, 0.6) is 0 Å². The number of hydrogen-bond acceptors (Lipinski definition) is 0. The summed E-state index contributed by atoms with van der Waals surface area (Å²) in [7, 11) is 0. The van der Waals surface area contributed by atoms with Gasteiger partial charge in [0.05, 0.1) is 0 Å². The molecule has 13 heavy (non-hydrogen) atoms. The van der Waals surface area contributed by atoms with Gasteiger partial charge in [-0.2, -0.15) is 0 Å². The molecule has 2 rings (SSSR count). The van der Waals surface area contributed by atoms with Crippen molar-refractivity contribution in [3.8, 4) is 0 Å². The molecular formula is C13H26. The molecule has 0 saturated heterocycles. The predicted octanol–water partition coefficient (Wildman–Crippen LogP) is 4.78. The van der Waals surface area contributed by atoms with E-state index in [2.05, 4.69) is 6.92 Å². The molecule has 0 aromatic heterocycles. The summed E-state index contributed by atoms with van der Waals surface area (Å²) in [6, 6.07) is 0. The van der Waals surface area contributed by atoms with Crippen molar-refractivity contribution in [2.24, 2.45) is 11.3 Å². The van der Waals surface area contributed by atoms with Gasteiger partial charge in [-0.3, -0.25) is 0 Å². The summed E-state index contributed by atoms with van der Waals surface area (Å²) in [4.78, 5) is 0. The van der Waals surface area contributed by atoms with Gasteiger partial charge in [0.15, 0.2) is 0 Å². The van der Waals surface area contributed by atoms with Crippen molar-refractivity contribution in [2.75, 3.05) is 0 Å². The molecule has 0 heterocycles. The Morgan fingerprint density at radius 2 is 1.62 bits per heavy atom.